The molecule has 4 aromatic rings. The van der Waals surface area contributed by atoms with Gasteiger partial charge in [-0.2, -0.15) is 0 Å². The molecule has 10 nitrogen and oxygen atoms in total. The highest BCUT2D eigenvalue weighted by atomic mass is 16.5. The lowest BCUT2D eigenvalue weighted by Gasteiger charge is -2.26. The molecule has 42 heavy (non-hydrogen) atoms. The van der Waals surface area contributed by atoms with E-state index in [2.05, 4.69) is 23.8 Å². The van der Waals surface area contributed by atoms with Crippen LogP contribution in [-0.2, 0) is 16.1 Å². The smallest absolute Gasteiger partial charge is 0.295 e. The molecule has 0 radical (unpaired) electrons. The van der Waals surface area contributed by atoms with Crippen LogP contribution < -0.4 is 9.47 Å². The quantitative estimate of drug-likeness (QED) is 0.152. The second-order valence-electron chi connectivity index (χ2n) is 11.0. The minimum atomic E-state index is -0.836. The number of carbonyl (C=O) groups excluding carboxylic acids is 2. The summed E-state index contributed by atoms with van der Waals surface area (Å²) in [4.78, 5) is 37.4. The largest absolute Gasteiger partial charge is 0.505 e. The number of aromatic nitrogens is 4. The molecule has 1 aromatic carbocycles. The molecule has 3 aromatic heterocycles. The standard InChI is InChI=1S/C32H37N5O5/c1-20(2)11-17-42-24-10-9-23(18-25(24)41-5)28-26(29(38)27-22(4)36-14-6-8-21(3)31(36)34-27)30(39)32(40)37(28)15-7-13-35-16-12-33-19-35/h6,8-10,12,14,16,18-20,28,38H,7,11,13,15,17H2,1-5H3. The summed E-state index contributed by atoms with van der Waals surface area (Å²) in [5, 5.41) is 11.7. The van der Waals surface area contributed by atoms with Crippen LogP contribution in [0.3, 0.4) is 0 Å². The Bertz CT molecular complexity index is 1640. The molecule has 4 heterocycles. The van der Waals surface area contributed by atoms with E-state index in [0.717, 1.165) is 12.0 Å². The van der Waals surface area contributed by atoms with E-state index in [1.165, 1.54) is 4.90 Å². The second kappa shape index (κ2) is 12.1. The van der Waals surface area contributed by atoms with Crippen molar-refractivity contribution in [3.05, 3.63) is 83.3 Å². The van der Waals surface area contributed by atoms with Gasteiger partial charge in [-0.3, -0.25) is 9.59 Å². The Hall–Kier alpha value is -4.60. The van der Waals surface area contributed by atoms with Gasteiger partial charge in [-0.25, -0.2) is 9.97 Å². The van der Waals surface area contributed by atoms with Crippen molar-refractivity contribution in [3.8, 4) is 11.5 Å². The summed E-state index contributed by atoms with van der Waals surface area (Å²) in [7, 11) is 1.55. The number of aliphatic hydroxyl groups is 1. The third kappa shape index (κ3) is 5.48. The van der Waals surface area contributed by atoms with Gasteiger partial charge in [0.1, 0.15) is 11.3 Å². The highest BCUT2D eigenvalue weighted by Crippen LogP contribution is 2.42. The summed E-state index contributed by atoms with van der Waals surface area (Å²) in [6.45, 7) is 9.47. The maximum absolute atomic E-state index is 13.6. The van der Waals surface area contributed by atoms with Crippen LogP contribution >= 0.6 is 0 Å². The molecular weight excluding hydrogens is 534 g/mol. The highest BCUT2D eigenvalue weighted by Gasteiger charge is 2.46. The highest BCUT2D eigenvalue weighted by molar-refractivity contribution is 6.46. The van der Waals surface area contributed by atoms with Gasteiger partial charge in [0.2, 0.25) is 0 Å². The van der Waals surface area contributed by atoms with Crippen LogP contribution in [0, 0.1) is 19.8 Å². The lowest BCUT2D eigenvalue weighted by Crippen LogP contribution is -2.31. The van der Waals surface area contributed by atoms with Crippen LogP contribution in [0.15, 0.2) is 60.8 Å². The van der Waals surface area contributed by atoms with Crippen molar-refractivity contribution in [2.75, 3.05) is 20.3 Å². The molecule has 1 atom stereocenters. The molecule has 1 saturated heterocycles. The van der Waals surface area contributed by atoms with Crippen molar-refractivity contribution >= 4 is 23.1 Å². The molecule has 1 fully saturated rings. The third-order valence-corrected chi connectivity index (χ3v) is 7.68. The molecule has 1 aliphatic heterocycles. The minimum Gasteiger partial charge on any atom is -0.505 e. The Morgan fingerprint density at radius 3 is 2.60 bits per heavy atom. The predicted octanol–water partition coefficient (Wildman–Crippen LogP) is 5.09. The number of benzene rings is 1. The number of amides is 1. The van der Waals surface area contributed by atoms with Crippen molar-refractivity contribution in [1.29, 1.82) is 0 Å². The molecular formula is C32H37N5O5. The van der Waals surface area contributed by atoms with Crippen LogP contribution in [-0.4, -0.2) is 60.9 Å². The first-order chi connectivity index (χ1) is 20.2. The molecule has 1 aliphatic rings. The predicted molar refractivity (Wildman–Crippen MR) is 158 cm³/mol. The molecule has 0 aliphatic carbocycles. The van der Waals surface area contributed by atoms with E-state index in [1.807, 2.05) is 53.4 Å². The fourth-order valence-electron chi connectivity index (χ4n) is 5.35. The SMILES string of the molecule is COc1cc(C2C(=C(O)c3nc4c(C)cccn4c3C)C(=O)C(=O)N2CCCn2ccnc2)ccc1OCCC(C)C. The van der Waals surface area contributed by atoms with Gasteiger partial charge in [-0.05, 0) is 61.9 Å². The normalized spacial score (nSPS) is 16.6. The molecule has 220 valence electrons. The summed E-state index contributed by atoms with van der Waals surface area (Å²) in [6, 6.07) is 8.38. The van der Waals surface area contributed by atoms with Gasteiger partial charge in [-0.1, -0.05) is 26.0 Å². The first-order valence-electron chi connectivity index (χ1n) is 14.2. The average Bonchev–Trinajstić information content (AvgIpc) is 3.67. The fourth-order valence-corrected chi connectivity index (χ4v) is 5.35. The van der Waals surface area contributed by atoms with Crippen LogP contribution in [0.25, 0.3) is 11.4 Å². The average molecular weight is 572 g/mol. The van der Waals surface area contributed by atoms with E-state index in [9.17, 15) is 14.7 Å². The Morgan fingerprint density at radius 1 is 1.10 bits per heavy atom. The van der Waals surface area contributed by atoms with Crippen molar-refractivity contribution in [2.45, 2.75) is 53.1 Å². The van der Waals surface area contributed by atoms with Gasteiger partial charge in [0.25, 0.3) is 11.7 Å². The number of aryl methyl sites for hydroxylation is 3. The number of likely N-dealkylation sites (tertiary alicyclic amines) is 1. The number of fused-ring (bicyclic) bond motifs is 1. The number of nitrogens with zero attached hydrogens (tertiary/aromatic N) is 5. The summed E-state index contributed by atoms with van der Waals surface area (Å²) in [5.74, 6) is -0.160. The molecule has 0 bridgehead atoms. The van der Waals surface area contributed by atoms with E-state index in [1.54, 1.807) is 31.8 Å². The van der Waals surface area contributed by atoms with Crippen LogP contribution in [0.5, 0.6) is 11.5 Å². The monoisotopic (exact) mass is 571 g/mol. The maximum Gasteiger partial charge on any atom is 0.295 e. The molecule has 0 saturated carbocycles. The van der Waals surface area contributed by atoms with Gasteiger partial charge in [0, 0.05) is 31.7 Å². The first kappa shape index (κ1) is 28.9. The molecule has 0 spiro atoms. The Labute approximate surface area is 245 Å². The number of pyridine rings is 1. The van der Waals surface area contributed by atoms with Gasteiger partial charge >= 0.3 is 0 Å². The molecule has 1 amide bonds. The number of rotatable bonds is 11. The molecule has 1 N–H and O–H groups in total. The molecule has 10 heteroatoms. The zero-order valence-corrected chi connectivity index (χ0v) is 24.7. The van der Waals surface area contributed by atoms with Gasteiger partial charge in [0.15, 0.2) is 17.3 Å². The second-order valence-corrected chi connectivity index (χ2v) is 11.0. The number of hydrogen-bond donors (Lipinski definition) is 1. The number of Topliss-reactive ketones (excluding diaryl/α,β-unsaturated/α-hetero) is 1. The summed E-state index contributed by atoms with van der Waals surface area (Å²) in [5.41, 5.74) is 3.17. The Morgan fingerprint density at radius 2 is 1.90 bits per heavy atom. The lowest BCUT2D eigenvalue weighted by atomic mass is 9.96. The summed E-state index contributed by atoms with van der Waals surface area (Å²) >= 11 is 0. The van der Waals surface area contributed by atoms with E-state index < -0.39 is 17.7 Å². The van der Waals surface area contributed by atoms with E-state index in [4.69, 9.17) is 9.47 Å². The van der Waals surface area contributed by atoms with Crippen molar-refractivity contribution in [1.82, 2.24) is 23.8 Å². The van der Waals surface area contributed by atoms with Crippen molar-refractivity contribution < 1.29 is 24.2 Å². The van der Waals surface area contributed by atoms with Gasteiger partial charge in [0.05, 0.1) is 37.4 Å². The fraction of sp³-hybridized carbons (Fsp3) is 0.375. The number of hydrogen-bond acceptors (Lipinski definition) is 7. The number of carbonyl (C=O) groups is 2. The number of ether oxygens (including phenoxy) is 2. The zero-order chi connectivity index (χ0) is 30.0. The number of ketones is 1. The Balaban J connectivity index is 1.58. The third-order valence-electron chi connectivity index (χ3n) is 7.68. The van der Waals surface area contributed by atoms with E-state index in [-0.39, 0.29) is 17.0 Å². The molecule has 1 unspecified atom stereocenters. The van der Waals surface area contributed by atoms with Gasteiger partial charge < -0.3 is 28.4 Å². The topological polar surface area (TPSA) is 111 Å². The summed E-state index contributed by atoms with van der Waals surface area (Å²) in [6.07, 6.45) is 8.59. The van der Waals surface area contributed by atoms with Crippen LogP contribution in [0.4, 0.5) is 0 Å². The number of imidazole rings is 2. The number of methoxy groups -OCH3 is 1. The van der Waals surface area contributed by atoms with Crippen molar-refractivity contribution in [2.24, 2.45) is 5.92 Å². The van der Waals surface area contributed by atoms with E-state index >= 15 is 0 Å². The minimum absolute atomic E-state index is 0.00215. The van der Waals surface area contributed by atoms with Crippen molar-refractivity contribution in [3.63, 3.8) is 0 Å². The van der Waals surface area contributed by atoms with Crippen LogP contribution in [0.2, 0.25) is 0 Å². The van der Waals surface area contributed by atoms with E-state index in [0.29, 0.717) is 60.4 Å². The maximum atomic E-state index is 13.6. The first-order valence-corrected chi connectivity index (χ1v) is 14.2. The summed E-state index contributed by atoms with van der Waals surface area (Å²) < 4.78 is 15.4. The van der Waals surface area contributed by atoms with Gasteiger partial charge in [-0.15, -0.1) is 0 Å². The molecule has 5 rings (SSSR count). The zero-order valence-electron chi connectivity index (χ0n) is 24.7. The number of aliphatic hydroxyl groups excluding tert-OH is 1. The van der Waals surface area contributed by atoms with Crippen LogP contribution in [0.1, 0.15) is 55.2 Å². The lowest BCUT2D eigenvalue weighted by molar-refractivity contribution is -0.139. The Kier molecular flexibility index (Phi) is 8.33.